The SMILES string of the molecule is Cc1cc(C2C3=CCC4C(=O)N(O)C(=O)C4C3CC3(Cl)C(=O)N(C)C(=O)C23Cl)cc(C)c1O. The Hall–Kier alpha value is -2.42. The molecule has 2 aliphatic carbocycles. The number of nitrogens with zero attached hydrogens (tertiary/aromatic N) is 2. The second-order valence-corrected chi connectivity index (χ2v) is 10.7. The van der Waals surface area contributed by atoms with Crippen LogP contribution < -0.4 is 0 Å². The molecule has 6 atom stereocenters. The molecule has 2 saturated heterocycles. The van der Waals surface area contributed by atoms with Crippen LogP contribution in [0, 0.1) is 31.6 Å². The molecule has 0 radical (unpaired) electrons. The maximum absolute atomic E-state index is 13.4. The lowest BCUT2D eigenvalue weighted by molar-refractivity contribution is -0.173. The number of phenols is 1. The van der Waals surface area contributed by atoms with Crippen LogP contribution in [0.25, 0.3) is 0 Å². The number of benzene rings is 1. The highest BCUT2D eigenvalue weighted by molar-refractivity contribution is 6.53. The monoisotopic (exact) mass is 492 g/mol. The summed E-state index contributed by atoms with van der Waals surface area (Å²) in [5.41, 5.74) is 2.33. The quantitative estimate of drug-likeness (QED) is 0.269. The number of hydrogen-bond donors (Lipinski definition) is 2. The molecule has 10 heteroatoms. The molecule has 174 valence electrons. The van der Waals surface area contributed by atoms with Crippen LogP contribution in [0.3, 0.4) is 0 Å². The molecule has 33 heavy (non-hydrogen) atoms. The second kappa shape index (κ2) is 6.81. The molecule has 4 aliphatic rings. The summed E-state index contributed by atoms with van der Waals surface area (Å²) >= 11 is 14.0. The minimum Gasteiger partial charge on any atom is -0.507 e. The maximum Gasteiger partial charge on any atom is 0.257 e. The van der Waals surface area contributed by atoms with Gasteiger partial charge in [-0.1, -0.05) is 23.8 Å². The Kier molecular flexibility index (Phi) is 4.62. The van der Waals surface area contributed by atoms with Crippen LogP contribution in [0.4, 0.5) is 0 Å². The molecule has 3 fully saturated rings. The smallest absolute Gasteiger partial charge is 0.257 e. The van der Waals surface area contributed by atoms with Gasteiger partial charge in [-0.05, 0) is 49.3 Å². The number of aromatic hydroxyl groups is 1. The zero-order valence-electron chi connectivity index (χ0n) is 18.1. The molecule has 2 heterocycles. The molecular formula is C23H22Cl2N2O6. The summed E-state index contributed by atoms with van der Waals surface area (Å²) in [5.74, 6) is -5.88. The van der Waals surface area contributed by atoms with Gasteiger partial charge in [0.1, 0.15) is 5.75 Å². The summed E-state index contributed by atoms with van der Waals surface area (Å²) in [6, 6.07) is 3.39. The summed E-state index contributed by atoms with van der Waals surface area (Å²) in [6.07, 6.45) is 1.85. The number of hydroxylamine groups is 2. The summed E-state index contributed by atoms with van der Waals surface area (Å²) in [4.78, 5) is 49.1. The van der Waals surface area contributed by atoms with Crippen LogP contribution >= 0.6 is 23.2 Å². The minimum atomic E-state index is -1.87. The highest BCUT2D eigenvalue weighted by atomic mass is 35.5. The molecule has 1 saturated carbocycles. The van der Waals surface area contributed by atoms with E-state index in [1.54, 1.807) is 32.1 Å². The van der Waals surface area contributed by atoms with E-state index in [0.717, 1.165) is 4.90 Å². The third-order valence-electron chi connectivity index (χ3n) is 7.84. The number of phenolic OH excluding ortho intramolecular Hbond substituents is 1. The Labute approximate surface area is 199 Å². The number of likely N-dealkylation sites (tertiary alicyclic amines) is 1. The van der Waals surface area contributed by atoms with E-state index in [4.69, 9.17) is 23.2 Å². The lowest BCUT2D eigenvalue weighted by atomic mass is 9.56. The summed E-state index contributed by atoms with van der Waals surface area (Å²) < 4.78 is 0. The lowest BCUT2D eigenvalue weighted by Crippen LogP contribution is -2.60. The fraction of sp³-hybridized carbons (Fsp3) is 0.478. The Morgan fingerprint density at radius 3 is 2.21 bits per heavy atom. The molecule has 2 N–H and O–H groups in total. The first-order chi connectivity index (χ1) is 15.4. The van der Waals surface area contributed by atoms with E-state index in [2.05, 4.69) is 0 Å². The molecule has 8 nitrogen and oxygen atoms in total. The molecule has 5 rings (SSSR count). The zero-order chi connectivity index (χ0) is 24.2. The number of halogens is 2. The van der Waals surface area contributed by atoms with Crippen molar-refractivity contribution in [1.29, 1.82) is 0 Å². The molecular weight excluding hydrogens is 471 g/mol. The van der Waals surface area contributed by atoms with Crippen molar-refractivity contribution >= 4 is 46.8 Å². The molecule has 2 aliphatic heterocycles. The van der Waals surface area contributed by atoms with E-state index in [9.17, 15) is 29.5 Å². The van der Waals surface area contributed by atoms with Crippen LogP contribution in [-0.4, -0.2) is 60.7 Å². The highest BCUT2D eigenvalue weighted by Crippen LogP contribution is 2.65. The first kappa shape index (κ1) is 22.4. The van der Waals surface area contributed by atoms with Gasteiger partial charge in [0, 0.05) is 13.0 Å². The number of carbonyl (C=O) groups is 4. The van der Waals surface area contributed by atoms with Crippen LogP contribution in [0.15, 0.2) is 23.8 Å². The molecule has 1 aromatic carbocycles. The molecule has 4 amide bonds. The average Bonchev–Trinajstić information content (AvgIpc) is 3.06. The van der Waals surface area contributed by atoms with Gasteiger partial charge in [0.05, 0.1) is 11.8 Å². The largest absolute Gasteiger partial charge is 0.507 e. The first-order valence-electron chi connectivity index (χ1n) is 10.6. The standard InChI is InChI=1S/C23H22Cl2N2O6/c1-9-6-11(7-10(2)17(9)28)16-12-4-5-13-15(19(30)27(33)18(13)29)14(12)8-22(24)20(31)26(3)21(32)23(16,22)25/h4,6-7,13-16,28,33H,5,8H2,1-3H3. The van der Waals surface area contributed by atoms with Crippen molar-refractivity contribution in [1.82, 2.24) is 9.96 Å². The second-order valence-electron chi connectivity index (χ2n) is 9.49. The van der Waals surface area contributed by atoms with Gasteiger partial charge in [-0.25, -0.2) is 0 Å². The lowest BCUT2D eigenvalue weighted by Gasteiger charge is -2.50. The summed E-state index contributed by atoms with van der Waals surface area (Å²) in [7, 11) is 1.32. The molecule has 6 unspecified atom stereocenters. The number of carbonyl (C=O) groups excluding carboxylic acids is 4. The topological polar surface area (TPSA) is 115 Å². The van der Waals surface area contributed by atoms with Crippen molar-refractivity contribution in [2.75, 3.05) is 7.05 Å². The number of aryl methyl sites for hydroxylation is 2. The third-order valence-corrected chi connectivity index (χ3v) is 9.25. The number of rotatable bonds is 1. The van der Waals surface area contributed by atoms with E-state index >= 15 is 0 Å². The van der Waals surface area contributed by atoms with Gasteiger partial charge in [0.2, 0.25) is 0 Å². The minimum absolute atomic E-state index is 0.1000. The number of amides is 4. The van der Waals surface area contributed by atoms with Gasteiger partial charge in [-0.2, -0.15) is 5.06 Å². The zero-order valence-corrected chi connectivity index (χ0v) is 19.6. The third kappa shape index (κ3) is 2.52. The number of fused-ring (bicyclic) bond motifs is 4. The summed E-state index contributed by atoms with van der Waals surface area (Å²) in [6.45, 7) is 3.42. The molecule has 0 aromatic heterocycles. The van der Waals surface area contributed by atoms with Crippen LogP contribution in [0.1, 0.15) is 35.4 Å². The van der Waals surface area contributed by atoms with Crippen LogP contribution in [0.5, 0.6) is 5.75 Å². The van der Waals surface area contributed by atoms with E-state index in [-0.39, 0.29) is 23.7 Å². The van der Waals surface area contributed by atoms with E-state index in [1.165, 1.54) is 7.05 Å². The molecule has 1 aromatic rings. The van der Waals surface area contributed by atoms with Crippen molar-refractivity contribution < 1.29 is 29.5 Å². The van der Waals surface area contributed by atoms with Gasteiger partial charge < -0.3 is 5.11 Å². The fourth-order valence-electron chi connectivity index (χ4n) is 6.26. The van der Waals surface area contributed by atoms with E-state index < -0.39 is 57.0 Å². The predicted molar refractivity (Wildman–Crippen MR) is 117 cm³/mol. The van der Waals surface area contributed by atoms with Crippen molar-refractivity contribution in [2.24, 2.45) is 17.8 Å². The Bertz CT molecular complexity index is 1170. The van der Waals surface area contributed by atoms with Crippen molar-refractivity contribution in [2.45, 2.75) is 42.4 Å². The van der Waals surface area contributed by atoms with Crippen LogP contribution in [-0.2, 0) is 19.2 Å². The van der Waals surface area contributed by atoms with Gasteiger partial charge in [0.15, 0.2) is 9.75 Å². The maximum atomic E-state index is 13.4. The van der Waals surface area contributed by atoms with Crippen molar-refractivity contribution in [3.63, 3.8) is 0 Å². The van der Waals surface area contributed by atoms with Gasteiger partial charge in [-0.3, -0.25) is 29.3 Å². The average molecular weight is 493 g/mol. The van der Waals surface area contributed by atoms with Gasteiger partial charge in [0.25, 0.3) is 23.6 Å². The molecule has 0 bridgehead atoms. The number of imide groups is 2. The van der Waals surface area contributed by atoms with Crippen LogP contribution in [0.2, 0.25) is 0 Å². The van der Waals surface area contributed by atoms with E-state index in [0.29, 0.717) is 22.3 Å². The van der Waals surface area contributed by atoms with Gasteiger partial charge >= 0.3 is 0 Å². The highest BCUT2D eigenvalue weighted by Gasteiger charge is 2.75. The molecule has 0 spiro atoms. The Balaban J connectivity index is 1.78. The number of hydrogen-bond acceptors (Lipinski definition) is 6. The normalized spacial score (nSPS) is 37.8. The number of allylic oxidation sites excluding steroid dienone is 2. The Morgan fingerprint density at radius 1 is 1.00 bits per heavy atom. The first-order valence-corrected chi connectivity index (χ1v) is 11.4. The van der Waals surface area contributed by atoms with Gasteiger partial charge in [-0.15, -0.1) is 23.2 Å². The van der Waals surface area contributed by atoms with Crippen molar-refractivity contribution in [3.05, 3.63) is 40.5 Å². The van der Waals surface area contributed by atoms with E-state index in [1.807, 2.05) is 0 Å². The predicted octanol–water partition coefficient (Wildman–Crippen LogP) is 2.39. The summed E-state index contributed by atoms with van der Waals surface area (Å²) in [5, 5.41) is 20.5. The Morgan fingerprint density at radius 2 is 1.61 bits per heavy atom. The van der Waals surface area contributed by atoms with Crippen molar-refractivity contribution in [3.8, 4) is 5.75 Å². The fourth-order valence-corrected chi connectivity index (χ4v) is 7.28. The number of alkyl halides is 2.